The number of rotatable bonds is 7. The van der Waals surface area contributed by atoms with Crippen LogP contribution in [0.25, 0.3) is 0 Å². The maximum absolute atomic E-state index is 12.1. The minimum Gasteiger partial charge on any atom is -0.330 e. The molecule has 0 unspecified atom stereocenters. The Bertz CT molecular complexity index is 1030. The van der Waals surface area contributed by atoms with Crippen molar-refractivity contribution in [1.82, 2.24) is 10.2 Å². The number of nitrogens with zero attached hydrogens (tertiary/aromatic N) is 3. The van der Waals surface area contributed by atoms with Crippen molar-refractivity contribution < 1.29 is 4.79 Å². The van der Waals surface area contributed by atoms with E-state index < -0.39 is 0 Å². The highest BCUT2D eigenvalue weighted by atomic mass is 32.2. The number of aromatic nitrogens is 2. The number of nitrogens with one attached hydrogen (secondary N) is 2. The van der Waals surface area contributed by atoms with Gasteiger partial charge in [0.1, 0.15) is 6.07 Å². The molecular weight excluding hydrogens is 390 g/mol. The van der Waals surface area contributed by atoms with Crippen LogP contribution in [-0.4, -0.2) is 21.9 Å². The molecule has 3 rings (SSSR count). The lowest BCUT2D eigenvalue weighted by atomic mass is 10.1. The monoisotopic (exact) mass is 409 g/mol. The molecule has 1 heterocycles. The fourth-order valence-electron chi connectivity index (χ4n) is 2.39. The van der Waals surface area contributed by atoms with E-state index in [0.29, 0.717) is 23.4 Å². The largest absolute Gasteiger partial charge is 0.330 e. The number of hydrogen-bond acceptors (Lipinski definition) is 7. The molecule has 0 spiro atoms. The average Bonchev–Trinajstić information content (AvgIpc) is 3.12. The molecule has 1 aromatic heterocycles. The topological polar surface area (TPSA) is 90.7 Å². The summed E-state index contributed by atoms with van der Waals surface area (Å²) >= 11 is 2.94. The summed E-state index contributed by atoms with van der Waals surface area (Å²) in [5, 5.41) is 24.1. The van der Waals surface area contributed by atoms with E-state index in [0.717, 1.165) is 15.2 Å². The van der Waals surface area contributed by atoms with Gasteiger partial charge in [-0.2, -0.15) is 5.26 Å². The summed E-state index contributed by atoms with van der Waals surface area (Å²) in [5.41, 5.74) is 4.43. The summed E-state index contributed by atoms with van der Waals surface area (Å²) in [6.45, 7) is 4.15. The van der Waals surface area contributed by atoms with Crippen molar-refractivity contribution in [2.75, 3.05) is 16.4 Å². The fraction of sp³-hybridized carbons (Fsp3) is 0.200. The first-order valence-corrected chi connectivity index (χ1v) is 10.4. The van der Waals surface area contributed by atoms with E-state index in [1.165, 1.54) is 34.2 Å². The van der Waals surface area contributed by atoms with Crippen LogP contribution in [0.15, 0.2) is 46.8 Å². The van der Waals surface area contributed by atoms with E-state index in [4.69, 9.17) is 5.26 Å². The van der Waals surface area contributed by atoms with Crippen molar-refractivity contribution in [3.63, 3.8) is 0 Å². The number of hydrogen-bond donors (Lipinski definition) is 2. The van der Waals surface area contributed by atoms with Crippen molar-refractivity contribution in [3.8, 4) is 6.07 Å². The predicted molar refractivity (Wildman–Crippen MR) is 114 cm³/mol. The zero-order valence-electron chi connectivity index (χ0n) is 15.5. The summed E-state index contributed by atoms with van der Waals surface area (Å²) in [4.78, 5) is 12.1. The second-order valence-corrected chi connectivity index (χ2v) is 8.42. The molecule has 0 aliphatic carbocycles. The molecule has 3 aromatic rings. The number of anilines is 3. The highest BCUT2D eigenvalue weighted by Crippen LogP contribution is 2.28. The molecule has 2 aromatic carbocycles. The van der Waals surface area contributed by atoms with Crippen LogP contribution in [0.5, 0.6) is 0 Å². The summed E-state index contributed by atoms with van der Waals surface area (Å²) in [7, 11) is 0. The molecule has 0 fully saturated rings. The molecule has 0 aliphatic heterocycles. The molecule has 0 radical (unpaired) electrons. The zero-order chi connectivity index (χ0) is 19.9. The molecule has 28 heavy (non-hydrogen) atoms. The molecule has 1 amide bonds. The van der Waals surface area contributed by atoms with Crippen LogP contribution in [0.3, 0.4) is 0 Å². The minimum atomic E-state index is -0.131. The molecule has 6 nitrogen and oxygen atoms in total. The van der Waals surface area contributed by atoms with E-state index in [2.05, 4.69) is 52.9 Å². The number of amides is 1. The summed E-state index contributed by atoms with van der Waals surface area (Å²) in [5.74, 6) is 0.451. The standard InChI is InChI=1S/C20H19N5OS2/c1-13-7-8-16(11-14(13)2)22-19-24-25-20(28-19)27-10-9-18(26)23-17-6-4-3-5-15(17)12-21/h3-8,11H,9-10H2,1-2H3,(H,22,24)(H,23,26). The maximum Gasteiger partial charge on any atom is 0.225 e. The van der Waals surface area contributed by atoms with Crippen molar-refractivity contribution >= 4 is 45.5 Å². The van der Waals surface area contributed by atoms with Gasteiger partial charge >= 0.3 is 0 Å². The number of carbonyl (C=O) groups is 1. The average molecular weight is 410 g/mol. The van der Waals surface area contributed by atoms with Gasteiger partial charge in [0.25, 0.3) is 0 Å². The van der Waals surface area contributed by atoms with Gasteiger partial charge in [-0.1, -0.05) is 41.3 Å². The number of benzene rings is 2. The molecule has 0 saturated carbocycles. The van der Waals surface area contributed by atoms with Crippen LogP contribution in [-0.2, 0) is 4.79 Å². The Labute approximate surface area is 172 Å². The Morgan fingerprint density at radius 2 is 2.00 bits per heavy atom. The zero-order valence-corrected chi connectivity index (χ0v) is 17.2. The van der Waals surface area contributed by atoms with Crippen LogP contribution in [0, 0.1) is 25.2 Å². The van der Waals surface area contributed by atoms with Crippen molar-refractivity contribution in [2.24, 2.45) is 0 Å². The Kier molecular flexibility index (Phi) is 6.63. The third-order valence-corrected chi connectivity index (χ3v) is 6.01. The van der Waals surface area contributed by atoms with Gasteiger partial charge in [-0.25, -0.2) is 0 Å². The molecule has 0 atom stereocenters. The third-order valence-electron chi connectivity index (χ3n) is 4.04. The Morgan fingerprint density at radius 3 is 2.79 bits per heavy atom. The Morgan fingerprint density at radius 1 is 1.18 bits per heavy atom. The predicted octanol–water partition coefficient (Wildman–Crippen LogP) is 4.89. The first kappa shape index (κ1) is 19.9. The minimum absolute atomic E-state index is 0.131. The van der Waals surface area contributed by atoms with E-state index >= 15 is 0 Å². The molecule has 0 bridgehead atoms. The summed E-state index contributed by atoms with van der Waals surface area (Å²) in [6.07, 6.45) is 0.323. The number of carbonyl (C=O) groups excluding carboxylic acids is 1. The summed E-state index contributed by atoms with van der Waals surface area (Å²) < 4.78 is 0.802. The molecule has 0 saturated heterocycles. The second-order valence-electron chi connectivity index (χ2n) is 6.10. The van der Waals surface area contributed by atoms with E-state index in [1.54, 1.807) is 24.3 Å². The van der Waals surface area contributed by atoms with Gasteiger partial charge in [0.05, 0.1) is 11.3 Å². The van der Waals surface area contributed by atoms with Crippen LogP contribution in [0.1, 0.15) is 23.1 Å². The highest BCUT2D eigenvalue weighted by molar-refractivity contribution is 8.01. The third kappa shape index (κ3) is 5.31. The lowest BCUT2D eigenvalue weighted by Gasteiger charge is -2.06. The number of nitriles is 1. The smallest absolute Gasteiger partial charge is 0.225 e. The molecule has 0 aliphatic rings. The molecule has 2 N–H and O–H groups in total. The van der Waals surface area contributed by atoms with E-state index in [9.17, 15) is 4.79 Å². The van der Waals surface area contributed by atoms with Gasteiger partial charge in [-0.05, 0) is 49.2 Å². The van der Waals surface area contributed by atoms with Gasteiger partial charge in [-0.3, -0.25) is 4.79 Å². The van der Waals surface area contributed by atoms with Gasteiger partial charge in [0, 0.05) is 17.9 Å². The fourth-order valence-corrected chi connectivity index (χ4v) is 4.18. The van der Waals surface area contributed by atoms with Crippen molar-refractivity contribution in [2.45, 2.75) is 24.6 Å². The Hall–Kier alpha value is -2.89. The van der Waals surface area contributed by atoms with Crippen LogP contribution in [0.2, 0.25) is 0 Å². The van der Waals surface area contributed by atoms with Crippen LogP contribution in [0.4, 0.5) is 16.5 Å². The summed E-state index contributed by atoms with van der Waals surface area (Å²) in [6, 6.07) is 15.2. The van der Waals surface area contributed by atoms with Gasteiger partial charge in [-0.15, -0.1) is 10.2 Å². The maximum atomic E-state index is 12.1. The molecular formula is C20H19N5OS2. The van der Waals surface area contributed by atoms with E-state index in [1.807, 2.05) is 6.07 Å². The Balaban J connectivity index is 1.48. The quantitative estimate of drug-likeness (QED) is 0.540. The van der Waals surface area contributed by atoms with Crippen LogP contribution >= 0.6 is 23.1 Å². The number of thioether (sulfide) groups is 1. The van der Waals surface area contributed by atoms with Gasteiger partial charge in [0.2, 0.25) is 11.0 Å². The lowest BCUT2D eigenvalue weighted by Crippen LogP contribution is -2.13. The first-order chi connectivity index (χ1) is 13.5. The number of aryl methyl sites for hydroxylation is 2. The second kappa shape index (κ2) is 9.35. The van der Waals surface area contributed by atoms with Gasteiger partial charge in [0.15, 0.2) is 4.34 Å². The highest BCUT2D eigenvalue weighted by Gasteiger charge is 2.09. The van der Waals surface area contributed by atoms with Crippen molar-refractivity contribution in [1.29, 1.82) is 5.26 Å². The lowest BCUT2D eigenvalue weighted by molar-refractivity contribution is -0.115. The molecule has 142 valence electrons. The normalized spacial score (nSPS) is 10.3. The van der Waals surface area contributed by atoms with Gasteiger partial charge < -0.3 is 10.6 Å². The molecule has 8 heteroatoms. The first-order valence-electron chi connectivity index (χ1n) is 8.64. The SMILES string of the molecule is Cc1ccc(Nc2nnc(SCCC(=O)Nc3ccccc3C#N)s2)cc1C. The van der Waals surface area contributed by atoms with Crippen molar-refractivity contribution in [3.05, 3.63) is 59.2 Å². The number of para-hydroxylation sites is 1. The van der Waals surface area contributed by atoms with Crippen LogP contribution < -0.4 is 10.6 Å². The van der Waals surface area contributed by atoms with E-state index in [-0.39, 0.29) is 5.91 Å².